The highest BCUT2D eigenvalue weighted by Gasteiger charge is 2.13. The van der Waals surface area contributed by atoms with Crippen molar-refractivity contribution in [2.45, 2.75) is 13.1 Å². The molecule has 134 valence electrons. The molecule has 0 radical (unpaired) electrons. The largest absolute Gasteiger partial charge is 0.493 e. The van der Waals surface area contributed by atoms with E-state index in [4.69, 9.17) is 25.8 Å². The van der Waals surface area contributed by atoms with Crippen LogP contribution in [0.2, 0.25) is 5.02 Å². The van der Waals surface area contributed by atoms with Crippen molar-refractivity contribution in [1.82, 2.24) is 10.6 Å². The Bertz CT molecular complexity index is 695. The fourth-order valence-corrected chi connectivity index (χ4v) is 2.39. The van der Waals surface area contributed by atoms with Crippen LogP contribution in [0.5, 0.6) is 17.2 Å². The number of hydrogen-bond acceptors (Lipinski definition) is 4. The minimum absolute atomic E-state index is 0.274. The Kier molecular flexibility index (Phi) is 6.77. The van der Waals surface area contributed by atoms with Crippen LogP contribution >= 0.6 is 11.6 Å². The van der Waals surface area contributed by atoms with Crippen LogP contribution < -0.4 is 24.8 Å². The van der Waals surface area contributed by atoms with Crippen LogP contribution in [0.3, 0.4) is 0 Å². The van der Waals surface area contributed by atoms with Gasteiger partial charge in [-0.1, -0.05) is 23.7 Å². The number of hydrogen-bond donors (Lipinski definition) is 2. The average molecular weight is 365 g/mol. The Labute approximate surface area is 152 Å². The summed E-state index contributed by atoms with van der Waals surface area (Å²) < 4.78 is 15.9. The van der Waals surface area contributed by atoms with Gasteiger partial charge in [-0.25, -0.2) is 4.79 Å². The number of amides is 2. The number of benzene rings is 2. The summed E-state index contributed by atoms with van der Waals surface area (Å²) in [5, 5.41) is 6.24. The van der Waals surface area contributed by atoms with Crippen molar-refractivity contribution in [3.8, 4) is 17.2 Å². The van der Waals surface area contributed by atoms with E-state index in [1.807, 2.05) is 12.1 Å². The number of ether oxygens (including phenoxy) is 3. The third-order valence-corrected chi connectivity index (χ3v) is 3.80. The van der Waals surface area contributed by atoms with Crippen molar-refractivity contribution in [2.75, 3.05) is 21.3 Å². The van der Waals surface area contributed by atoms with E-state index < -0.39 is 0 Å². The molecule has 0 fully saturated rings. The Morgan fingerprint density at radius 3 is 1.88 bits per heavy atom. The summed E-state index contributed by atoms with van der Waals surface area (Å²) in [5.41, 5.74) is 1.79. The molecule has 2 amide bonds. The molecule has 0 aliphatic rings. The van der Waals surface area contributed by atoms with Crippen LogP contribution in [-0.4, -0.2) is 27.4 Å². The molecule has 0 saturated heterocycles. The Balaban J connectivity index is 1.93. The van der Waals surface area contributed by atoms with Crippen LogP contribution in [0, 0.1) is 0 Å². The third kappa shape index (κ3) is 5.19. The molecule has 0 aromatic heterocycles. The molecule has 0 heterocycles. The van der Waals surface area contributed by atoms with Gasteiger partial charge in [0.1, 0.15) is 0 Å². The van der Waals surface area contributed by atoms with Gasteiger partial charge in [0.25, 0.3) is 0 Å². The highest BCUT2D eigenvalue weighted by molar-refractivity contribution is 6.30. The fraction of sp³-hybridized carbons (Fsp3) is 0.278. The molecule has 25 heavy (non-hydrogen) atoms. The molecule has 6 nitrogen and oxygen atoms in total. The number of carbonyl (C=O) groups is 1. The highest BCUT2D eigenvalue weighted by Crippen LogP contribution is 2.38. The predicted molar refractivity (Wildman–Crippen MR) is 96.6 cm³/mol. The summed E-state index contributed by atoms with van der Waals surface area (Å²) in [4.78, 5) is 12.0. The lowest BCUT2D eigenvalue weighted by molar-refractivity contribution is 0.240. The minimum atomic E-state index is -0.274. The number of nitrogens with one attached hydrogen (secondary N) is 2. The molecular weight excluding hydrogens is 344 g/mol. The van der Waals surface area contributed by atoms with E-state index in [-0.39, 0.29) is 6.03 Å². The zero-order valence-corrected chi connectivity index (χ0v) is 15.1. The summed E-state index contributed by atoms with van der Waals surface area (Å²) in [6.07, 6.45) is 0. The molecule has 0 bridgehead atoms. The Morgan fingerprint density at radius 1 is 0.880 bits per heavy atom. The third-order valence-electron chi connectivity index (χ3n) is 3.54. The van der Waals surface area contributed by atoms with E-state index in [9.17, 15) is 4.79 Å². The first-order valence-electron chi connectivity index (χ1n) is 7.62. The van der Waals surface area contributed by atoms with Gasteiger partial charge in [0, 0.05) is 18.1 Å². The molecule has 0 aliphatic heterocycles. The zero-order valence-electron chi connectivity index (χ0n) is 14.4. The van der Waals surface area contributed by atoms with Crippen LogP contribution in [0.1, 0.15) is 11.1 Å². The van der Waals surface area contributed by atoms with Crippen molar-refractivity contribution in [3.05, 3.63) is 52.5 Å². The van der Waals surface area contributed by atoms with E-state index >= 15 is 0 Å². The molecule has 2 N–H and O–H groups in total. The average Bonchev–Trinajstić information content (AvgIpc) is 2.64. The van der Waals surface area contributed by atoms with Crippen LogP contribution in [0.15, 0.2) is 36.4 Å². The molecule has 2 rings (SSSR count). The number of halogens is 1. The van der Waals surface area contributed by atoms with Crippen molar-refractivity contribution in [2.24, 2.45) is 0 Å². The summed E-state index contributed by atoms with van der Waals surface area (Å²) >= 11 is 5.83. The van der Waals surface area contributed by atoms with Gasteiger partial charge in [-0.3, -0.25) is 0 Å². The second-order valence-electron chi connectivity index (χ2n) is 5.20. The highest BCUT2D eigenvalue weighted by atomic mass is 35.5. The van der Waals surface area contributed by atoms with Gasteiger partial charge in [0.05, 0.1) is 21.3 Å². The maximum Gasteiger partial charge on any atom is 0.315 e. The van der Waals surface area contributed by atoms with Gasteiger partial charge < -0.3 is 24.8 Å². The SMILES string of the molecule is COc1cc(CNC(=O)NCc2ccc(Cl)cc2)cc(OC)c1OC. The summed E-state index contributed by atoms with van der Waals surface area (Å²) in [6, 6.07) is 10.6. The topological polar surface area (TPSA) is 68.8 Å². The van der Waals surface area contributed by atoms with E-state index in [1.54, 1.807) is 45.6 Å². The van der Waals surface area contributed by atoms with Crippen molar-refractivity contribution in [1.29, 1.82) is 0 Å². The number of urea groups is 1. The Hall–Kier alpha value is -2.60. The summed E-state index contributed by atoms with van der Waals surface area (Å²) in [6.45, 7) is 0.738. The molecule has 7 heteroatoms. The number of rotatable bonds is 7. The van der Waals surface area contributed by atoms with Crippen LogP contribution in [0.25, 0.3) is 0 Å². The molecule has 2 aromatic rings. The number of carbonyl (C=O) groups excluding carboxylic acids is 1. The first-order chi connectivity index (χ1) is 12.1. The monoisotopic (exact) mass is 364 g/mol. The molecule has 0 unspecified atom stereocenters. The second-order valence-corrected chi connectivity index (χ2v) is 5.63. The smallest absolute Gasteiger partial charge is 0.315 e. The molecule has 0 atom stereocenters. The fourth-order valence-electron chi connectivity index (χ4n) is 2.27. The van der Waals surface area contributed by atoms with Crippen molar-refractivity contribution >= 4 is 17.6 Å². The minimum Gasteiger partial charge on any atom is -0.493 e. The second kappa shape index (κ2) is 9.03. The first kappa shape index (κ1) is 18.7. The molecule has 0 aliphatic carbocycles. The van der Waals surface area contributed by atoms with Gasteiger partial charge in [-0.05, 0) is 35.4 Å². The molecule has 0 spiro atoms. The quantitative estimate of drug-likeness (QED) is 0.790. The zero-order chi connectivity index (χ0) is 18.2. The van der Waals surface area contributed by atoms with Crippen molar-refractivity contribution in [3.63, 3.8) is 0 Å². The van der Waals surface area contributed by atoms with Gasteiger partial charge in [0.2, 0.25) is 5.75 Å². The van der Waals surface area contributed by atoms with E-state index in [0.717, 1.165) is 11.1 Å². The molecule has 2 aromatic carbocycles. The van der Waals surface area contributed by atoms with Gasteiger partial charge in [-0.2, -0.15) is 0 Å². The van der Waals surface area contributed by atoms with E-state index in [2.05, 4.69) is 10.6 Å². The lowest BCUT2D eigenvalue weighted by Crippen LogP contribution is -2.34. The molecular formula is C18H21ClN2O4. The van der Waals surface area contributed by atoms with Gasteiger partial charge in [-0.15, -0.1) is 0 Å². The number of methoxy groups -OCH3 is 3. The molecule has 0 saturated carbocycles. The lowest BCUT2D eigenvalue weighted by Gasteiger charge is -2.14. The van der Waals surface area contributed by atoms with E-state index in [1.165, 1.54) is 0 Å². The maximum absolute atomic E-state index is 12.0. The van der Waals surface area contributed by atoms with E-state index in [0.29, 0.717) is 35.4 Å². The van der Waals surface area contributed by atoms with Crippen LogP contribution in [0.4, 0.5) is 4.79 Å². The van der Waals surface area contributed by atoms with Crippen LogP contribution in [-0.2, 0) is 13.1 Å². The lowest BCUT2D eigenvalue weighted by atomic mass is 10.2. The van der Waals surface area contributed by atoms with Crippen molar-refractivity contribution < 1.29 is 19.0 Å². The predicted octanol–water partition coefficient (Wildman–Crippen LogP) is 3.37. The normalized spacial score (nSPS) is 10.1. The first-order valence-corrected chi connectivity index (χ1v) is 8.00. The summed E-state index contributed by atoms with van der Waals surface area (Å²) in [5.74, 6) is 1.60. The summed E-state index contributed by atoms with van der Waals surface area (Å²) in [7, 11) is 4.64. The van der Waals surface area contributed by atoms with Gasteiger partial charge >= 0.3 is 6.03 Å². The standard InChI is InChI=1S/C18H21ClN2O4/c1-23-15-8-13(9-16(24-2)17(15)25-3)11-21-18(22)20-10-12-4-6-14(19)7-5-12/h4-9H,10-11H2,1-3H3,(H2,20,21,22). The maximum atomic E-state index is 12.0. The Morgan fingerprint density at radius 2 is 1.40 bits per heavy atom. The van der Waals surface area contributed by atoms with Gasteiger partial charge in [0.15, 0.2) is 11.5 Å².